The zero-order valence-electron chi connectivity index (χ0n) is 10.9. The van der Waals surface area contributed by atoms with Gasteiger partial charge in [-0.25, -0.2) is 8.42 Å². The standard InChI is InChI=1S/C12H18BrClN2O2S/c1-16(5-6-19(2,17)18)12(8-15)9-3-4-10(13)11(14)7-9/h3-4,7,12H,5-6,8,15H2,1-2H3. The minimum atomic E-state index is -2.97. The second-order valence-corrected chi connectivity index (χ2v) is 8.06. The second-order valence-electron chi connectivity index (χ2n) is 4.54. The molecule has 0 bridgehead atoms. The van der Waals surface area contributed by atoms with Crippen molar-refractivity contribution in [1.29, 1.82) is 0 Å². The fourth-order valence-corrected chi connectivity index (χ4v) is 2.81. The molecule has 0 aliphatic heterocycles. The first-order valence-electron chi connectivity index (χ1n) is 5.77. The first-order chi connectivity index (χ1) is 8.74. The highest BCUT2D eigenvalue weighted by atomic mass is 79.9. The quantitative estimate of drug-likeness (QED) is 0.834. The van der Waals surface area contributed by atoms with Crippen molar-refractivity contribution in [2.24, 2.45) is 5.73 Å². The van der Waals surface area contributed by atoms with Crippen LogP contribution in [0.25, 0.3) is 0 Å². The van der Waals surface area contributed by atoms with Crippen LogP contribution in [0.4, 0.5) is 0 Å². The summed E-state index contributed by atoms with van der Waals surface area (Å²) in [4.78, 5) is 1.93. The Kier molecular flexibility index (Phi) is 6.26. The van der Waals surface area contributed by atoms with E-state index in [0.717, 1.165) is 10.0 Å². The molecular weight excluding hydrogens is 352 g/mol. The summed E-state index contributed by atoms with van der Waals surface area (Å²) in [6.07, 6.45) is 1.23. The van der Waals surface area contributed by atoms with Crippen molar-refractivity contribution in [2.75, 3.05) is 32.1 Å². The minimum absolute atomic E-state index is 0.0488. The van der Waals surface area contributed by atoms with Gasteiger partial charge in [0.2, 0.25) is 0 Å². The SMILES string of the molecule is CN(CCS(C)(=O)=O)C(CN)c1ccc(Br)c(Cl)c1. The zero-order chi connectivity index (χ0) is 14.6. The van der Waals surface area contributed by atoms with Crippen LogP contribution in [0.1, 0.15) is 11.6 Å². The van der Waals surface area contributed by atoms with Crippen LogP contribution < -0.4 is 5.73 Å². The van der Waals surface area contributed by atoms with E-state index in [9.17, 15) is 8.42 Å². The van der Waals surface area contributed by atoms with Crippen molar-refractivity contribution in [1.82, 2.24) is 4.90 Å². The number of nitrogens with two attached hydrogens (primary N) is 1. The molecule has 1 aromatic carbocycles. The Hall–Kier alpha value is -0.140. The Morgan fingerprint density at radius 2 is 2.11 bits per heavy atom. The van der Waals surface area contributed by atoms with Gasteiger partial charge in [0, 0.05) is 29.9 Å². The summed E-state index contributed by atoms with van der Waals surface area (Å²) in [7, 11) is -1.11. The lowest BCUT2D eigenvalue weighted by molar-refractivity contribution is 0.264. The Morgan fingerprint density at radius 1 is 1.47 bits per heavy atom. The highest BCUT2D eigenvalue weighted by Gasteiger charge is 2.17. The third-order valence-electron chi connectivity index (χ3n) is 2.90. The molecule has 0 aromatic heterocycles. The van der Waals surface area contributed by atoms with Crippen molar-refractivity contribution in [2.45, 2.75) is 6.04 Å². The maximum Gasteiger partial charge on any atom is 0.148 e. The van der Waals surface area contributed by atoms with E-state index >= 15 is 0 Å². The van der Waals surface area contributed by atoms with E-state index in [1.807, 2.05) is 30.1 Å². The molecule has 1 aromatic rings. The summed E-state index contributed by atoms with van der Waals surface area (Å²) >= 11 is 9.41. The van der Waals surface area contributed by atoms with Crippen LogP contribution in [0.3, 0.4) is 0 Å². The third-order valence-corrected chi connectivity index (χ3v) is 5.06. The maximum absolute atomic E-state index is 11.2. The molecule has 0 fully saturated rings. The van der Waals surface area contributed by atoms with Gasteiger partial charge in [0.25, 0.3) is 0 Å². The summed E-state index contributed by atoms with van der Waals surface area (Å²) in [5.41, 5.74) is 6.77. The van der Waals surface area contributed by atoms with Gasteiger partial charge < -0.3 is 5.73 Å². The average molecular weight is 370 g/mol. The van der Waals surface area contributed by atoms with Crippen LogP contribution in [-0.4, -0.2) is 45.5 Å². The Morgan fingerprint density at radius 3 is 2.58 bits per heavy atom. The molecule has 0 saturated carbocycles. The molecule has 0 heterocycles. The topological polar surface area (TPSA) is 63.4 Å². The van der Waals surface area contributed by atoms with E-state index in [0.29, 0.717) is 18.1 Å². The van der Waals surface area contributed by atoms with Gasteiger partial charge in [-0.2, -0.15) is 0 Å². The number of hydrogen-bond donors (Lipinski definition) is 1. The van der Waals surface area contributed by atoms with E-state index < -0.39 is 9.84 Å². The van der Waals surface area contributed by atoms with Crippen LogP contribution >= 0.6 is 27.5 Å². The molecule has 4 nitrogen and oxygen atoms in total. The molecule has 108 valence electrons. The number of likely N-dealkylation sites (N-methyl/N-ethyl adjacent to an activating group) is 1. The Labute approximate surface area is 128 Å². The largest absolute Gasteiger partial charge is 0.329 e. The number of benzene rings is 1. The van der Waals surface area contributed by atoms with Crippen LogP contribution in [0.2, 0.25) is 5.02 Å². The molecular formula is C12H18BrClN2O2S. The lowest BCUT2D eigenvalue weighted by atomic mass is 10.1. The number of hydrogen-bond acceptors (Lipinski definition) is 4. The lowest BCUT2D eigenvalue weighted by Crippen LogP contribution is -2.34. The molecule has 0 aliphatic rings. The van der Waals surface area contributed by atoms with Gasteiger partial charge in [-0.1, -0.05) is 17.7 Å². The van der Waals surface area contributed by atoms with Gasteiger partial charge in [-0.3, -0.25) is 4.90 Å². The molecule has 1 unspecified atom stereocenters. The number of sulfone groups is 1. The van der Waals surface area contributed by atoms with E-state index in [1.54, 1.807) is 0 Å². The zero-order valence-corrected chi connectivity index (χ0v) is 14.1. The fraction of sp³-hybridized carbons (Fsp3) is 0.500. The van der Waals surface area contributed by atoms with Gasteiger partial charge in [-0.05, 0) is 40.7 Å². The molecule has 1 rings (SSSR count). The van der Waals surface area contributed by atoms with Crippen LogP contribution in [0.15, 0.2) is 22.7 Å². The van der Waals surface area contributed by atoms with Gasteiger partial charge in [0.1, 0.15) is 9.84 Å². The van der Waals surface area contributed by atoms with Crippen molar-refractivity contribution in [3.8, 4) is 0 Å². The Balaban J connectivity index is 2.84. The minimum Gasteiger partial charge on any atom is -0.329 e. The normalized spacial score (nSPS) is 13.8. The Bertz CT molecular complexity index is 537. The summed E-state index contributed by atoms with van der Waals surface area (Å²) in [6.45, 7) is 0.840. The monoisotopic (exact) mass is 368 g/mol. The first-order valence-corrected chi connectivity index (χ1v) is 9.00. The maximum atomic E-state index is 11.2. The van der Waals surface area contributed by atoms with E-state index in [1.165, 1.54) is 6.26 Å². The van der Waals surface area contributed by atoms with E-state index in [-0.39, 0.29) is 11.8 Å². The summed E-state index contributed by atoms with van der Waals surface area (Å²) in [6, 6.07) is 5.60. The molecule has 0 amide bonds. The van der Waals surface area contributed by atoms with Crippen molar-refractivity contribution in [3.63, 3.8) is 0 Å². The summed E-state index contributed by atoms with van der Waals surface area (Å²) in [5.74, 6) is 0.115. The highest BCUT2D eigenvalue weighted by Crippen LogP contribution is 2.27. The smallest absolute Gasteiger partial charge is 0.148 e. The molecule has 7 heteroatoms. The second kappa shape index (κ2) is 7.04. The van der Waals surface area contributed by atoms with E-state index in [2.05, 4.69) is 15.9 Å². The first kappa shape index (κ1) is 16.9. The molecule has 2 N–H and O–H groups in total. The van der Waals surface area contributed by atoms with Gasteiger partial charge in [0.15, 0.2) is 0 Å². The molecule has 0 saturated heterocycles. The van der Waals surface area contributed by atoms with E-state index in [4.69, 9.17) is 17.3 Å². The van der Waals surface area contributed by atoms with Gasteiger partial charge in [0.05, 0.1) is 10.8 Å². The molecule has 0 radical (unpaired) electrons. The average Bonchev–Trinajstić information content (AvgIpc) is 2.31. The number of halogens is 2. The lowest BCUT2D eigenvalue weighted by Gasteiger charge is -2.27. The summed E-state index contributed by atoms with van der Waals surface area (Å²) in [5, 5.41) is 0.618. The molecule has 0 spiro atoms. The van der Waals surface area contributed by atoms with Gasteiger partial charge in [-0.15, -0.1) is 0 Å². The third kappa shape index (κ3) is 5.39. The predicted octanol–water partition coefficient (Wildman–Crippen LogP) is 2.08. The fourth-order valence-electron chi connectivity index (χ4n) is 1.76. The number of nitrogens with zero attached hydrogens (tertiary/aromatic N) is 1. The number of rotatable bonds is 6. The molecule has 19 heavy (non-hydrogen) atoms. The van der Waals surface area contributed by atoms with Crippen LogP contribution in [0, 0.1) is 0 Å². The molecule has 0 aliphatic carbocycles. The summed E-state index contributed by atoms with van der Waals surface area (Å²) < 4.78 is 23.2. The van der Waals surface area contributed by atoms with Crippen molar-refractivity contribution < 1.29 is 8.42 Å². The van der Waals surface area contributed by atoms with Crippen molar-refractivity contribution >= 4 is 37.4 Å². The van der Waals surface area contributed by atoms with Crippen LogP contribution in [-0.2, 0) is 9.84 Å². The van der Waals surface area contributed by atoms with Gasteiger partial charge >= 0.3 is 0 Å². The van der Waals surface area contributed by atoms with Crippen molar-refractivity contribution in [3.05, 3.63) is 33.3 Å². The predicted molar refractivity (Wildman–Crippen MR) is 83.3 cm³/mol. The molecule has 1 atom stereocenters. The highest BCUT2D eigenvalue weighted by molar-refractivity contribution is 9.10. The van der Waals surface area contributed by atoms with Crippen LogP contribution in [0.5, 0.6) is 0 Å².